The first-order valence-electron chi connectivity index (χ1n) is 6.50. The van der Waals surface area contributed by atoms with Crippen LogP contribution in [0.15, 0.2) is 47.6 Å². The molecule has 20 heavy (non-hydrogen) atoms. The van der Waals surface area contributed by atoms with Gasteiger partial charge in [0.25, 0.3) is 0 Å². The molecule has 2 aliphatic carbocycles. The van der Waals surface area contributed by atoms with Gasteiger partial charge >= 0.3 is 0 Å². The van der Waals surface area contributed by atoms with E-state index >= 15 is 0 Å². The first-order valence-corrected chi connectivity index (χ1v) is 6.50. The highest BCUT2D eigenvalue weighted by atomic mass is 16.1. The summed E-state index contributed by atoms with van der Waals surface area (Å²) in [6.45, 7) is 0. The SMILES string of the molecule is O=C1C=CC(=O)C(CCCCC2=CC(=O)C=CC2=O)=C1. The quantitative estimate of drug-likeness (QED) is 0.564. The zero-order valence-electron chi connectivity index (χ0n) is 10.9. The minimum Gasteiger partial charge on any atom is -0.290 e. The first kappa shape index (κ1) is 14.1. The second kappa shape index (κ2) is 6.19. The van der Waals surface area contributed by atoms with Crippen molar-refractivity contribution in [3.8, 4) is 0 Å². The average molecular weight is 270 g/mol. The van der Waals surface area contributed by atoms with Gasteiger partial charge in [0.1, 0.15) is 0 Å². The van der Waals surface area contributed by atoms with Crippen molar-refractivity contribution in [2.75, 3.05) is 0 Å². The molecule has 2 aliphatic rings. The standard InChI is InChI=1S/C16H14O4/c17-13-5-7-15(19)11(9-13)3-1-2-4-12-10-14(18)6-8-16(12)20/h5-10H,1-4H2. The molecule has 4 nitrogen and oxygen atoms in total. The Kier molecular flexibility index (Phi) is 4.35. The molecule has 0 bridgehead atoms. The Labute approximate surface area is 116 Å². The number of unbranched alkanes of at least 4 members (excludes halogenated alkanes) is 1. The smallest absolute Gasteiger partial charge is 0.182 e. The highest BCUT2D eigenvalue weighted by molar-refractivity contribution is 6.17. The van der Waals surface area contributed by atoms with E-state index in [0.717, 1.165) is 0 Å². The van der Waals surface area contributed by atoms with Crippen molar-refractivity contribution in [3.05, 3.63) is 47.6 Å². The number of rotatable bonds is 5. The van der Waals surface area contributed by atoms with Gasteiger partial charge < -0.3 is 0 Å². The van der Waals surface area contributed by atoms with Crippen molar-refractivity contribution in [1.82, 2.24) is 0 Å². The van der Waals surface area contributed by atoms with E-state index in [1.807, 2.05) is 0 Å². The Bertz CT molecular complexity index is 546. The van der Waals surface area contributed by atoms with Crippen molar-refractivity contribution in [1.29, 1.82) is 0 Å². The van der Waals surface area contributed by atoms with Gasteiger partial charge in [-0.1, -0.05) is 0 Å². The molecular weight excluding hydrogens is 256 g/mol. The maximum atomic E-state index is 11.5. The van der Waals surface area contributed by atoms with E-state index in [-0.39, 0.29) is 23.1 Å². The van der Waals surface area contributed by atoms with Gasteiger partial charge in [-0.25, -0.2) is 0 Å². The number of hydrogen-bond donors (Lipinski definition) is 0. The third-order valence-electron chi connectivity index (χ3n) is 3.21. The minimum atomic E-state index is -0.166. The lowest BCUT2D eigenvalue weighted by atomic mass is 9.95. The van der Waals surface area contributed by atoms with Crippen molar-refractivity contribution in [2.45, 2.75) is 25.7 Å². The molecule has 0 amide bonds. The molecule has 2 rings (SSSR count). The Morgan fingerprint density at radius 1 is 0.600 bits per heavy atom. The average Bonchev–Trinajstić information content (AvgIpc) is 2.42. The first-order chi connectivity index (χ1) is 9.56. The molecule has 0 unspecified atom stereocenters. The van der Waals surface area contributed by atoms with E-state index in [9.17, 15) is 19.2 Å². The summed E-state index contributed by atoms with van der Waals surface area (Å²) in [7, 11) is 0. The monoisotopic (exact) mass is 270 g/mol. The third kappa shape index (κ3) is 3.57. The molecule has 0 aromatic rings. The van der Waals surface area contributed by atoms with Crippen LogP contribution >= 0.6 is 0 Å². The lowest BCUT2D eigenvalue weighted by Crippen LogP contribution is -2.09. The van der Waals surface area contributed by atoms with Crippen LogP contribution in [0.4, 0.5) is 0 Å². The van der Waals surface area contributed by atoms with Crippen molar-refractivity contribution < 1.29 is 19.2 Å². The highest BCUT2D eigenvalue weighted by Crippen LogP contribution is 2.18. The second-order valence-corrected chi connectivity index (χ2v) is 4.75. The van der Waals surface area contributed by atoms with Gasteiger partial charge in [-0.15, -0.1) is 0 Å². The number of carbonyl (C=O) groups is 4. The molecular formula is C16H14O4. The fraction of sp³-hybridized carbons (Fsp3) is 0.250. The van der Waals surface area contributed by atoms with Crippen LogP contribution in [0.25, 0.3) is 0 Å². The molecule has 102 valence electrons. The van der Waals surface area contributed by atoms with Crippen molar-refractivity contribution >= 4 is 23.1 Å². The van der Waals surface area contributed by atoms with Gasteiger partial charge in [0.2, 0.25) is 0 Å². The molecule has 0 spiro atoms. The summed E-state index contributed by atoms with van der Waals surface area (Å²) < 4.78 is 0. The molecule has 0 aromatic carbocycles. The molecule has 0 saturated carbocycles. The molecule has 0 aliphatic heterocycles. The van der Waals surface area contributed by atoms with E-state index in [0.29, 0.717) is 36.8 Å². The number of hydrogen-bond acceptors (Lipinski definition) is 4. The van der Waals surface area contributed by atoms with Gasteiger partial charge in [0, 0.05) is 11.1 Å². The summed E-state index contributed by atoms with van der Waals surface area (Å²) in [5.74, 6) is -0.590. The summed E-state index contributed by atoms with van der Waals surface area (Å²) in [6.07, 6.45) is 10.2. The molecule has 4 heteroatoms. The van der Waals surface area contributed by atoms with Crippen LogP contribution in [0, 0.1) is 0 Å². The highest BCUT2D eigenvalue weighted by Gasteiger charge is 2.14. The van der Waals surface area contributed by atoms with Crippen LogP contribution in [-0.2, 0) is 19.2 Å². The van der Waals surface area contributed by atoms with E-state index in [2.05, 4.69) is 0 Å². The Morgan fingerprint density at radius 2 is 1.00 bits per heavy atom. The topological polar surface area (TPSA) is 68.3 Å². The maximum Gasteiger partial charge on any atom is 0.182 e. The van der Waals surface area contributed by atoms with Gasteiger partial charge in [0.15, 0.2) is 23.1 Å². The fourth-order valence-electron chi connectivity index (χ4n) is 2.13. The largest absolute Gasteiger partial charge is 0.290 e. The number of carbonyl (C=O) groups excluding carboxylic acids is 4. The predicted octanol–water partition coefficient (Wildman–Crippen LogP) is 1.82. The zero-order chi connectivity index (χ0) is 14.5. The van der Waals surface area contributed by atoms with Crippen molar-refractivity contribution in [3.63, 3.8) is 0 Å². The lowest BCUT2D eigenvalue weighted by molar-refractivity contribution is -0.114. The second-order valence-electron chi connectivity index (χ2n) is 4.75. The zero-order valence-corrected chi connectivity index (χ0v) is 10.9. The summed E-state index contributed by atoms with van der Waals surface area (Å²) >= 11 is 0. The van der Waals surface area contributed by atoms with E-state index in [4.69, 9.17) is 0 Å². The van der Waals surface area contributed by atoms with Crippen LogP contribution < -0.4 is 0 Å². The molecule has 0 N–H and O–H groups in total. The molecule has 0 radical (unpaired) electrons. The molecule has 0 atom stereocenters. The van der Waals surface area contributed by atoms with Crippen LogP contribution in [-0.4, -0.2) is 23.1 Å². The summed E-state index contributed by atoms with van der Waals surface area (Å²) in [5.41, 5.74) is 1.02. The summed E-state index contributed by atoms with van der Waals surface area (Å²) in [5, 5.41) is 0. The van der Waals surface area contributed by atoms with Crippen LogP contribution in [0.3, 0.4) is 0 Å². The van der Waals surface area contributed by atoms with Gasteiger partial charge in [-0.3, -0.25) is 19.2 Å². The Morgan fingerprint density at radius 3 is 1.40 bits per heavy atom. The van der Waals surface area contributed by atoms with Crippen LogP contribution in [0.2, 0.25) is 0 Å². The van der Waals surface area contributed by atoms with Gasteiger partial charge in [0.05, 0.1) is 0 Å². The fourth-order valence-corrected chi connectivity index (χ4v) is 2.13. The maximum absolute atomic E-state index is 11.5. The minimum absolute atomic E-state index is 0.129. The lowest BCUT2D eigenvalue weighted by Gasteiger charge is -2.08. The molecule has 0 fully saturated rings. The Balaban J connectivity index is 1.80. The Hall–Kier alpha value is -2.36. The van der Waals surface area contributed by atoms with Crippen molar-refractivity contribution in [2.24, 2.45) is 0 Å². The number of ketones is 4. The third-order valence-corrected chi connectivity index (χ3v) is 3.21. The van der Waals surface area contributed by atoms with Crippen LogP contribution in [0.5, 0.6) is 0 Å². The van der Waals surface area contributed by atoms with E-state index in [1.165, 1.54) is 36.5 Å². The molecule has 0 heterocycles. The van der Waals surface area contributed by atoms with Gasteiger partial charge in [-0.05, 0) is 62.1 Å². The molecule has 0 saturated heterocycles. The van der Waals surface area contributed by atoms with E-state index < -0.39 is 0 Å². The number of allylic oxidation sites excluding steroid dienone is 8. The predicted molar refractivity (Wildman–Crippen MR) is 72.9 cm³/mol. The van der Waals surface area contributed by atoms with Crippen LogP contribution in [0.1, 0.15) is 25.7 Å². The molecule has 0 aromatic heterocycles. The summed E-state index contributed by atoms with van der Waals surface area (Å²) in [6, 6.07) is 0. The van der Waals surface area contributed by atoms with E-state index in [1.54, 1.807) is 0 Å². The normalized spacial score (nSPS) is 18.4. The summed E-state index contributed by atoms with van der Waals surface area (Å²) in [4.78, 5) is 45.3. The van der Waals surface area contributed by atoms with Gasteiger partial charge in [-0.2, -0.15) is 0 Å².